The third-order valence-corrected chi connectivity index (χ3v) is 2.63. The summed E-state index contributed by atoms with van der Waals surface area (Å²) in [6.07, 6.45) is 1.93. The summed E-state index contributed by atoms with van der Waals surface area (Å²) in [5, 5.41) is 9.62. The average molecular weight is 198 g/mol. The topological polar surface area (TPSA) is 20.2 Å². The van der Waals surface area contributed by atoms with Gasteiger partial charge in [-0.2, -0.15) is 0 Å². The molecule has 1 nitrogen and oxygen atoms in total. The normalized spacial score (nSPS) is 18.3. The van der Waals surface area contributed by atoms with Crippen molar-refractivity contribution in [3.8, 4) is 0 Å². The van der Waals surface area contributed by atoms with Crippen LogP contribution in [-0.2, 0) is 6.42 Å². The molecule has 0 bridgehead atoms. The van der Waals surface area contributed by atoms with Gasteiger partial charge in [-0.1, -0.05) is 6.07 Å². The smallest absolute Gasteiger partial charge is 0.161 e. The lowest BCUT2D eigenvalue weighted by atomic mass is 10.0. The van der Waals surface area contributed by atoms with Gasteiger partial charge in [0, 0.05) is 6.42 Å². The summed E-state index contributed by atoms with van der Waals surface area (Å²) in [4.78, 5) is 0. The van der Waals surface area contributed by atoms with Crippen molar-refractivity contribution in [2.24, 2.45) is 0 Å². The van der Waals surface area contributed by atoms with Crippen molar-refractivity contribution in [3.05, 3.63) is 34.9 Å². The molecule has 0 heterocycles. The largest absolute Gasteiger partial charge is 0.390 e. The summed E-state index contributed by atoms with van der Waals surface area (Å²) < 4.78 is 25.9. The molecule has 0 amide bonds. The quantitative estimate of drug-likeness (QED) is 0.773. The van der Waals surface area contributed by atoms with E-state index >= 15 is 0 Å². The van der Waals surface area contributed by atoms with Crippen molar-refractivity contribution >= 4 is 0 Å². The Labute approximate surface area is 81.4 Å². The molecule has 0 aromatic heterocycles. The predicted octanol–water partition coefficient (Wildman–Crippen LogP) is 2.34. The molecule has 1 fully saturated rings. The number of aryl methyl sites for hydroxylation is 1. The molecule has 1 aliphatic rings. The van der Waals surface area contributed by atoms with E-state index in [-0.39, 0.29) is 0 Å². The molecule has 1 saturated carbocycles. The van der Waals surface area contributed by atoms with Crippen molar-refractivity contribution in [1.82, 2.24) is 0 Å². The summed E-state index contributed by atoms with van der Waals surface area (Å²) in [6, 6.07) is 2.76. The fourth-order valence-corrected chi connectivity index (χ4v) is 1.60. The Morgan fingerprint density at radius 2 is 2.00 bits per heavy atom. The number of hydrogen-bond donors (Lipinski definition) is 1. The zero-order valence-corrected chi connectivity index (χ0v) is 7.98. The van der Waals surface area contributed by atoms with E-state index in [0.717, 1.165) is 12.8 Å². The first-order chi connectivity index (χ1) is 6.50. The molecule has 1 aromatic carbocycles. The highest BCUT2D eigenvalue weighted by Gasteiger charge is 2.40. The van der Waals surface area contributed by atoms with Gasteiger partial charge in [0.15, 0.2) is 11.6 Å². The fraction of sp³-hybridized carbons (Fsp3) is 0.455. The van der Waals surface area contributed by atoms with Crippen molar-refractivity contribution in [2.45, 2.75) is 31.8 Å². The number of benzene rings is 1. The van der Waals surface area contributed by atoms with Gasteiger partial charge in [-0.3, -0.25) is 0 Å². The van der Waals surface area contributed by atoms with Crippen LogP contribution in [0.25, 0.3) is 0 Å². The van der Waals surface area contributed by atoms with E-state index < -0.39 is 17.2 Å². The average Bonchev–Trinajstić information content (AvgIpc) is 2.79. The van der Waals surface area contributed by atoms with E-state index in [0.29, 0.717) is 17.5 Å². The van der Waals surface area contributed by atoms with E-state index in [1.54, 1.807) is 6.07 Å². The summed E-state index contributed by atoms with van der Waals surface area (Å²) in [7, 11) is 0. The number of rotatable bonds is 2. The molecular weight excluding hydrogens is 186 g/mol. The van der Waals surface area contributed by atoms with Gasteiger partial charge in [-0.15, -0.1) is 0 Å². The van der Waals surface area contributed by atoms with Crippen LogP contribution in [0.4, 0.5) is 8.78 Å². The third kappa shape index (κ3) is 1.77. The maximum Gasteiger partial charge on any atom is 0.161 e. The highest BCUT2D eigenvalue weighted by Crippen LogP contribution is 2.38. The standard InChI is InChI=1S/C11H12F2O/c1-7-4-8(5-9(12)10(7)13)6-11(14)2-3-11/h4-5,14H,2-3,6H2,1H3. The minimum Gasteiger partial charge on any atom is -0.390 e. The molecular formula is C11H12F2O. The summed E-state index contributed by atoms with van der Waals surface area (Å²) in [5.74, 6) is -1.62. The zero-order chi connectivity index (χ0) is 10.3. The van der Waals surface area contributed by atoms with Crippen LogP contribution in [0.15, 0.2) is 12.1 Å². The minimum absolute atomic E-state index is 0.296. The van der Waals surface area contributed by atoms with Crippen LogP contribution in [0.3, 0.4) is 0 Å². The highest BCUT2D eigenvalue weighted by atomic mass is 19.2. The lowest BCUT2D eigenvalue weighted by molar-refractivity contribution is 0.151. The minimum atomic E-state index is -0.829. The van der Waals surface area contributed by atoms with E-state index in [1.807, 2.05) is 0 Å². The van der Waals surface area contributed by atoms with Crippen LogP contribution in [-0.4, -0.2) is 10.7 Å². The molecule has 14 heavy (non-hydrogen) atoms. The lowest BCUT2D eigenvalue weighted by Gasteiger charge is -2.09. The second kappa shape index (κ2) is 3.02. The Kier molecular flexibility index (Phi) is 2.07. The Morgan fingerprint density at radius 1 is 1.36 bits per heavy atom. The van der Waals surface area contributed by atoms with Gasteiger partial charge in [0.1, 0.15) is 0 Å². The second-order valence-electron chi connectivity index (χ2n) is 4.11. The molecule has 3 heteroatoms. The molecule has 0 radical (unpaired) electrons. The summed E-state index contributed by atoms with van der Waals surface area (Å²) in [6.45, 7) is 1.53. The van der Waals surface area contributed by atoms with Crippen LogP contribution in [0, 0.1) is 18.6 Å². The number of halogens is 2. The molecule has 0 atom stereocenters. The van der Waals surface area contributed by atoms with Gasteiger partial charge in [-0.05, 0) is 37.0 Å². The Balaban J connectivity index is 2.26. The van der Waals surface area contributed by atoms with Crippen LogP contribution >= 0.6 is 0 Å². The van der Waals surface area contributed by atoms with E-state index in [1.165, 1.54) is 13.0 Å². The summed E-state index contributed by atoms with van der Waals surface area (Å²) >= 11 is 0. The SMILES string of the molecule is Cc1cc(CC2(O)CC2)cc(F)c1F. The monoisotopic (exact) mass is 198 g/mol. The van der Waals surface area contributed by atoms with Crippen molar-refractivity contribution in [2.75, 3.05) is 0 Å². The molecule has 1 N–H and O–H groups in total. The number of hydrogen-bond acceptors (Lipinski definition) is 1. The lowest BCUT2D eigenvalue weighted by Crippen LogP contribution is -2.11. The van der Waals surface area contributed by atoms with E-state index in [4.69, 9.17) is 0 Å². The molecule has 2 rings (SSSR count). The van der Waals surface area contributed by atoms with Crippen LogP contribution in [0.5, 0.6) is 0 Å². The van der Waals surface area contributed by atoms with Crippen molar-refractivity contribution in [1.29, 1.82) is 0 Å². The first kappa shape index (κ1) is 9.59. The van der Waals surface area contributed by atoms with Crippen LogP contribution in [0.2, 0.25) is 0 Å². The molecule has 0 spiro atoms. The predicted molar refractivity (Wildman–Crippen MR) is 49.0 cm³/mol. The van der Waals surface area contributed by atoms with E-state index in [9.17, 15) is 13.9 Å². The number of aliphatic hydroxyl groups is 1. The molecule has 76 valence electrons. The van der Waals surface area contributed by atoms with Crippen LogP contribution < -0.4 is 0 Å². The maximum atomic E-state index is 13.0. The molecule has 0 saturated heterocycles. The molecule has 1 aromatic rings. The maximum absolute atomic E-state index is 13.0. The first-order valence-electron chi connectivity index (χ1n) is 4.67. The molecule has 1 aliphatic carbocycles. The van der Waals surface area contributed by atoms with E-state index in [2.05, 4.69) is 0 Å². The van der Waals surface area contributed by atoms with Gasteiger partial charge in [0.05, 0.1) is 5.60 Å². The Morgan fingerprint density at radius 3 is 2.50 bits per heavy atom. The third-order valence-electron chi connectivity index (χ3n) is 2.63. The fourth-order valence-electron chi connectivity index (χ4n) is 1.60. The Bertz CT molecular complexity index is 347. The van der Waals surface area contributed by atoms with Gasteiger partial charge in [0.2, 0.25) is 0 Å². The summed E-state index contributed by atoms with van der Waals surface area (Å²) in [5.41, 5.74) is 0.308. The van der Waals surface area contributed by atoms with Gasteiger partial charge < -0.3 is 5.11 Å². The zero-order valence-electron chi connectivity index (χ0n) is 7.98. The molecule has 0 aliphatic heterocycles. The van der Waals surface area contributed by atoms with Crippen LogP contribution in [0.1, 0.15) is 24.0 Å². The Hall–Kier alpha value is -0.960. The van der Waals surface area contributed by atoms with Crippen molar-refractivity contribution in [3.63, 3.8) is 0 Å². The van der Waals surface area contributed by atoms with Gasteiger partial charge in [0.25, 0.3) is 0 Å². The van der Waals surface area contributed by atoms with Crippen molar-refractivity contribution < 1.29 is 13.9 Å². The molecule has 0 unspecified atom stereocenters. The second-order valence-corrected chi connectivity index (χ2v) is 4.11. The van der Waals surface area contributed by atoms with Gasteiger partial charge >= 0.3 is 0 Å². The first-order valence-corrected chi connectivity index (χ1v) is 4.67. The highest BCUT2D eigenvalue weighted by molar-refractivity contribution is 5.27. The van der Waals surface area contributed by atoms with Gasteiger partial charge in [-0.25, -0.2) is 8.78 Å².